The van der Waals surface area contributed by atoms with E-state index in [1.54, 1.807) is 18.3 Å². The van der Waals surface area contributed by atoms with Gasteiger partial charge in [-0.15, -0.1) is 0 Å². The summed E-state index contributed by atoms with van der Waals surface area (Å²) < 4.78 is 11.5. The minimum atomic E-state index is 0.431. The quantitative estimate of drug-likeness (QED) is 0.528. The van der Waals surface area contributed by atoms with Crippen molar-refractivity contribution in [1.82, 2.24) is 4.98 Å². The molecule has 0 aliphatic heterocycles. The number of aromatic nitrogens is 1. The molecule has 2 aromatic carbocycles. The van der Waals surface area contributed by atoms with Gasteiger partial charge in [0.25, 0.3) is 0 Å². The third kappa shape index (κ3) is 3.93. The molecular formula is C18H15ClN2O2. The number of hydrogen-bond donors (Lipinski definition) is 1. The van der Waals surface area contributed by atoms with Crippen molar-refractivity contribution in [2.24, 2.45) is 0 Å². The van der Waals surface area contributed by atoms with Crippen LogP contribution in [0, 0.1) is 6.92 Å². The van der Waals surface area contributed by atoms with E-state index in [0.29, 0.717) is 16.7 Å². The van der Waals surface area contributed by atoms with Crippen LogP contribution in [-0.4, -0.2) is 4.98 Å². The Morgan fingerprint density at radius 3 is 2.13 bits per heavy atom. The Labute approximate surface area is 139 Å². The van der Waals surface area contributed by atoms with E-state index in [0.717, 1.165) is 22.7 Å². The lowest BCUT2D eigenvalue weighted by Gasteiger charge is -2.10. The number of nitrogens with two attached hydrogens (primary N) is 1. The molecule has 0 aliphatic rings. The molecule has 5 heteroatoms. The Balaban J connectivity index is 1.70. The minimum absolute atomic E-state index is 0.431. The number of anilines is 1. The van der Waals surface area contributed by atoms with Crippen molar-refractivity contribution >= 4 is 17.3 Å². The SMILES string of the molecule is Cc1cc(N)ccc1Oc1ccc(Oc2ccc(Cl)nc2)cc1. The van der Waals surface area contributed by atoms with E-state index in [9.17, 15) is 0 Å². The zero-order chi connectivity index (χ0) is 16.2. The zero-order valence-corrected chi connectivity index (χ0v) is 13.2. The van der Waals surface area contributed by atoms with E-state index in [2.05, 4.69) is 4.98 Å². The fraction of sp³-hybridized carbons (Fsp3) is 0.0556. The van der Waals surface area contributed by atoms with Gasteiger partial charge in [-0.1, -0.05) is 11.6 Å². The van der Waals surface area contributed by atoms with Gasteiger partial charge in [-0.2, -0.15) is 0 Å². The maximum atomic E-state index is 5.84. The number of benzene rings is 2. The Hall–Kier alpha value is -2.72. The maximum absolute atomic E-state index is 5.84. The van der Waals surface area contributed by atoms with Gasteiger partial charge in [0, 0.05) is 5.69 Å². The van der Waals surface area contributed by atoms with Crippen molar-refractivity contribution in [3.8, 4) is 23.0 Å². The number of pyridine rings is 1. The average Bonchev–Trinajstić information content (AvgIpc) is 2.54. The second-order valence-corrected chi connectivity index (χ2v) is 5.40. The van der Waals surface area contributed by atoms with Crippen LogP contribution in [0.4, 0.5) is 5.69 Å². The fourth-order valence-electron chi connectivity index (χ4n) is 2.05. The molecule has 3 rings (SSSR count). The van der Waals surface area contributed by atoms with E-state index in [1.807, 2.05) is 49.4 Å². The van der Waals surface area contributed by atoms with Crippen LogP contribution >= 0.6 is 11.6 Å². The summed E-state index contributed by atoms with van der Waals surface area (Å²) in [5.74, 6) is 2.81. The number of hydrogen-bond acceptors (Lipinski definition) is 4. The molecule has 0 fully saturated rings. The van der Waals surface area contributed by atoms with Gasteiger partial charge < -0.3 is 15.2 Å². The first-order chi connectivity index (χ1) is 11.1. The standard InChI is InChI=1S/C18H15ClN2O2/c1-12-10-13(20)2-8-17(12)23-15-5-3-14(4-6-15)22-16-7-9-18(19)21-11-16/h2-11H,20H2,1H3. The van der Waals surface area contributed by atoms with Gasteiger partial charge in [0.1, 0.15) is 28.2 Å². The lowest BCUT2D eigenvalue weighted by molar-refractivity contribution is 0.466. The highest BCUT2D eigenvalue weighted by Crippen LogP contribution is 2.29. The van der Waals surface area contributed by atoms with Crippen LogP contribution in [0.2, 0.25) is 5.15 Å². The summed E-state index contributed by atoms with van der Waals surface area (Å²) >= 11 is 5.74. The predicted octanol–water partition coefficient (Wildman–Crippen LogP) is 5.21. The highest BCUT2D eigenvalue weighted by Gasteiger charge is 2.03. The summed E-state index contributed by atoms with van der Waals surface area (Å²) in [6.07, 6.45) is 1.57. The third-order valence-corrected chi connectivity index (χ3v) is 3.41. The van der Waals surface area contributed by atoms with E-state index in [-0.39, 0.29) is 0 Å². The summed E-state index contributed by atoms with van der Waals surface area (Å²) in [6.45, 7) is 1.96. The number of halogens is 1. The smallest absolute Gasteiger partial charge is 0.145 e. The first kappa shape index (κ1) is 15.2. The molecule has 3 aromatic rings. The number of aryl methyl sites for hydroxylation is 1. The van der Waals surface area contributed by atoms with Crippen molar-refractivity contribution in [1.29, 1.82) is 0 Å². The molecule has 0 saturated heterocycles. The number of ether oxygens (including phenoxy) is 2. The fourth-order valence-corrected chi connectivity index (χ4v) is 2.16. The van der Waals surface area contributed by atoms with Gasteiger partial charge >= 0.3 is 0 Å². The lowest BCUT2D eigenvalue weighted by Crippen LogP contribution is -1.91. The Morgan fingerprint density at radius 2 is 1.52 bits per heavy atom. The lowest BCUT2D eigenvalue weighted by atomic mass is 10.2. The number of rotatable bonds is 4. The summed E-state index contributed by atoms with van der Waals surface area (Å²) in [5.41, 5.74) is 7.44. The summed E-state index contributed by atoms with van der Waals surface area (Å²) in [4.78, 5) is 3.97. The largest absolute Gasteiger partial charge is 0.457 e. The molecule has 0 bridgehead atoms. The van der Waals surface area contributed by atoms with Crippen molar-refractivity contribution in [3.05, 3.63) is 71.5 Å². The Kier molecular flexibility index (Phi) is 4.35. The molecule has 116 valence electrons. The topological polar surface area (TPSA) is 57.4 Å². The van der Waals surface area contributed by atoms with E-state index in [1.165, 1.54) is 0 Å². The number of nitrogens with zero attached hydrogens (tertiary/aromatic N) is 1. The maximum Gasteiger partial charge on any atom is 0.145 e. The van der Waals surface area contributed by atoms with Gasteiger partial charge in [0.05, 0.1) is 6.20 Å². The van der Waals surface area contributed by atoms with Crippen molar-refractivity contribution in [3.63, 3.8) is 0 Å². The normalized spacial score (nSPS) is 10.3. The molecule has 0 spiro atoms. The minimum Gasteiger partial charge on any atom is -0.457 e. The van der Waals surface area contributed by atoms with Crippen LogP contribution in [-0.2, 0) is 0 Å². The summed E-state index contributed by atoms with van der Waals surface area (Å²) in [5, 5.41) is 0.431. The number of nitrogen functional groups attached to an aromatic ring is 1. The van der Waals surface area contributed by atoms with Crippen LogP contribution in [0.1, 0.15) is 5.56 Å². The van der Waals surface area contributed by atoms with Crippen LogP contribution in [0.15, 0.2) is 60.8 Å². The van der Waals surface area contributed by atoms with Gasteiger partial charge in [-0.05, 0) is 67.1 Å². The van der Waals surface area contributed by atoms with E-state index < -0.39 is 0 Å². The second kappa shape index (κ2) is 6.58. The van der Waals surface area contributed by atoms with Crippen molar-refractivity contribution in [2.75, 3.05) is 5.73 Å². The molecule has 1 heterocycles. The molecule has 0 saturated carbocycles. The second-order valence-electron chi connectivity index (χ2n) is 5.02. The highest BCUT2D eigenvalue weighted by atomic mass is 35.5. The molecule has 1 aromatic heterocycles. The molecule has 0 aliphatic carbocycles. The molecule has 0 unspecified atom stereocenters. The van der Waals surface area contributed by atoms with Crippen molar-refractivity contribution in [2.45, 2.75) is 6.92 Å². The Bertz CT molecular complexity index is 802. The van der Waals surface area contributed by atoms with E-state index in [4.69, 9.17) is 26.8 Å². The first-order valence-corrected chi connectivity index (χ1v) is 7.41. The highest BCUT2D eigenvalue weighted by molar-refractivity contribution is 6.29. The van der Waals surface area contributed by atoms with E-state index >= 15 is 0 Å². The molecule has 0 amide bonds. The summed E-state index contributed by atoms with van der Waals surface area (Å²) in [6, 6.07) is 16.3. The van der Waals surface area contributed by atoms with Crippen LogP contribution < -0.4 is 15.2 Å². The Morgan fingerprint density at radius 1 is 0.870 bits per heavy atom. The molecule has 23 heavy (non-hydrogen) atoms. The zero-order valence-electron chi connectivity index (χ0n) is 12.5. The predicted molar refractivity (Wildman–Crippen MR) is 91.4 cm³/mol. The molecule has 4 nitrogen and oxygen atoms in total. The molecule has 0 radical (unpaired) electrons. The third-order valence-electron chi connectivity index (χ3n) is 3.19. The molecule has 0 atom stereocenters. The monoisotopic (exact) mass is 326 g/mol. The van der Waals surface area contributed by atoms with Gasteiger partial charge in [-0.25, -0.2) is 4.98 Å². The molecular weight excluding hydrogens is 312 g/mol. The van der Waals surface area contributed by atoms with Crippen LogP contribution in [0.5, 0.6) is 23.0 Å². The molecule has 2 N–H and O–H groups in total. The average molecular weight is 327 g/mol. The first-order valence-electron chi connectivity index (χ1n) is 7.03. The summed E-state index contributed by atoms with van der Waals surface area (Å²) in [7, 11) is 0. The van der Waals surface area contributed by atoms with Gasteiger partial charge in [-0.3, -0.25) is 0 Å². The van der Waals surface area contributed by atoms with Crippen LogP contribution in [0.3, 0.4) is 0 Å². The van der Waals surface area contributed by atoms with Gasteiger partial charge in [0.2, 0.25) is 0 Å². The van der Waals surface area contributed by atoms with Crippen molar-refractivity contribution < 1.29 is 9.47 Å². The van der Waals surface area contributed by atoms with Crippen LogP contribution in [0.25, 0.3) is 0 Å². The van der Waals surface area contributed by atoms with Gasteiger partial charge in [0.15, 0.2) is 0 Å².